The third-order valence-electron chi connectivity index (χ3n) is 3.18. The van der Waals surface area contributed by atoms with E-state index in [9.17, 15) is 9.59 Å². The van der Waals surface area contributed by atoms with Gasteiger partial charge in [0.25, 0.3) is 5.56 Å². The molecule has 0 aliphatic rings. The summed E-state index contributed by atoms with van der Waals surface area (Å²) < 4.78 is 6.76. The first-order valence-corrected chi connectivity index (χ1v) is 6.43. The minimum atomic E-state index is -0.261. The highest BCUT2D eigenvalue weighted by molar-refractivity contribution is 5.75. The summed E-state index contributed by atoms with van der Waals surface area (Å²) in [7, 11) is 1.61. The van der Waals surface area contributed by atoms with Gasteiger partial charge >= 0.3 is 0 Å². The van der Waals surface area contributed by atoms with Crippen LogP contribution in [-0.2, 0) is 0 Å². The van der Waals surface area contributed by atoms with Crippen molar-refractivity contribution in [3.63, 3.8) is 0 Å². The Balaban J connectivity index is 2.63. The first-order valence-electron chi connectivity index (χ1n) is 6.43. The number of hydrogen-bond acceptors (Lipinski definition) is 3. The molecule has 1 aromatic heterocycles. The van der Waals surface area contributed by atoms with E-state index in [0.29, 0.717) is 6.29 Å². The fourth-order valence-corrected chi connectivity index (χ4v) is 2.17. The summed E-state index contributed by atoms with van der Waals surface area (Å²) in [6.07, 6.45) is 0.596. The van der Waals surface area contributed by atoms with Gasteiger partial charge in [0.15, 0.2) is 6.29 Å². The molecule has 0 bridgehead atoms. The Morgan fingerprint density at radius 3 is 2.25 bits per heavy atom. The second-order valence-electron chi connectivity index (χ2n) is 4.79. The van der Waals surface area contributed by atoms with Gasteiger partial charge in [-0.15, -0.1) is 0 Å². The molecule has 0 radical (unpaired) electrons. The number of pyridine rings is 1. The lowest BCUT2D eigenvalue weighted by atomic mass is 10.1. The Bertz CT molecular complexity index is 669. The van der Waals surface area contributed by atoms with E-state index >= 15 is 0 Å². The molecule has 0 spiro atoms. The average Bonchev–Trinajstić information content (AvgIpc) is 2.46. The highest BCUT2D eigenvalue weighted by atomic mass is 16.5. The number of benzene rings is 1. The van der Waals surface area contributed by atoms with Crippen LogP contribution in [0.15, 0.2) is 41.2 Å². The molecule has 0 saturated heterocycles. The average molecular weight is 271 g/mol. The predicted octanol–water partition coefficient (Wildman–Crippen LogP) is 2.92. The molecule has 4 nitrogen and oxygen atoms in total. The summed E-state index contributed by atoms with van der Waals surface area (Å²) in [5, 5.41) is 0. The molecule has 20 heavy (non-hydrogen) atoms. The van der Waals surface area contributed by atoms with Crippen LogP contribution in [0.3, 0.4) is 0 Å². The van der Waals surface area contributed by atoms with Gasteiger partial charge in [-0.2, -0.15) is 0 Å². The van der Waals surface area contributed by atoms with Gasteiger partial charge in [-0.25, -0.2) is 0 Å². The number of nitrogens with zero attached hydrogens (tertiary/aromatic N) is 1. The van der Waals surface area contributed by atoms with Crippen molar-refractivity contribution in [3.05, 3.63) is 52.3 Å². The zero-order chi connectivity index (χ0) is 14.7. The lowest BCUT2D eigenvalue weighted by molar-refractivity contribution is 0.112. The molecule has 0 atom stereocenters. The zero-order valence-electron chi connectivity index (χ0n) is 11.8. The van der Waals surface area contributed by atoms with Crippen molar-refractivity contribution in [2.75, 3.05) is 7.11 Å². The molecule has 0 N–H and O–H groups in total. The van der Waals surface area contributed by atoms with Crippen molar-refractivity contribution >= 4 is 6.29 Å². The summed E-state index contributed by atoms with van der Waals surface area (Å²) in [5.74, 6) is 0.761. The van der Waals surface area contributed by atoms with Crippen molar-refractivity contribution < 1.29 is 9.53 Å². The zero-order valence-corrected chi connectivity index (χ0v) is 11.8. The normalized spacial score (nSPS) is 10.6. The molecule has 4 heteroatoms. The van der Waals surface area contributed by atoms with Gasteiger partial charge in [0.05, 0.1) is 18.4 Å². The highest BCUT2D eigenvalue weighted by Gasteiger charge is 2.12. The van der Waals surface area contributed by atoms with Crippen LogP contribution in [0, 0.1) is 0 Å². The van der Waals surface area contributed by atoms with E-state index in [1.807, 2.05) is 38.1 Å². The molecule has 2 rings (SSSR count). The Labute approximate surface area is 117 Å². The molecule has 1 aromatic carbocycles. The van der Waals surface area contributed by atoms with Gasteiger partial charge in [-0.3, -0.25) is 9.59 Å². The summed E-state index contributed by atoms with van der Waals surface area (Å²) in [6, 6.07) is 10.8. The second-order valence-corrected chi connectivity index (χ2v) is 4.79. The van der Waals surface area contributed by atoms with Crippen LogP contribution in [0.1, 0.15) is 30.2 Å². The van der Waals surface area contributed by atoms with Crippen LogP contribution >= 0.6 is 0 Å². The van der Waals surface area contributed by atoms with E-state index in [2.05, 4.69) is 0 Å². The molecule has 0 saturated carbocycles. The third-order valence-corrected chi connectivity index (χ3v) is 3.18. The highest BCUT2D eigenvalue weighted by Crippen LogP contribution is 2.23. The Kier molecular flexibility index (Phi) is 4.03. The van der Waals surface area contributed by atoms with Crippen LogP contribution < -0.4 is 10.3 Å². The third kappa shape index (κ3) is 2.50. The van der Waals surface area contributed by atoms with Crippen molar-refractivity contribution in [3.8, 4) is 17.0 Å². The summed E-state index contributed by atoms with van der Waals surface area (Å²) >= 11 is 0. The molecular weight excluding hydrogens is 254 g/mol. The first kappa shape index (κ1) is 14.1. The second kappa shape index (κ2) is 5.74. The maximum Gasteiger partial charge on any atom is 0.261 e. The van der Waals surface area contributed by atoms with Crippen molar-refractivity contribution in [2.24, 2.45) is 0 Å². The van der Waals surface area contributed by atoms with Gasteiger partial charge < -0.3 is 9.30 Å². The minimum absolute atomic E-state index is 0.0282. The van der Waals surface area contributed by atoms with E-state index in [-0.39, 0.29) is 17.2 Å². The molecular formula is C16H17NO3. The molecule has 0 unspecified atom stereocenters. The van der Waals surface area contributed by atoms with Crippen molar-refractivity contribution in [2.45, 2.75) is 19.9 Å². The summed E-state index contributed by atoms with van der Waals surface area (Å²) in [6.45, 7) is 3.84. The van der Waals surface area contributed by atoms with Gasteiger partial charge in [0.2, 0.25) is 0 Å². The topological polar surface area (TPSA) is 48.3 Å². The Hall–Kier alpha value is -2.36. The maximum absolute atomic E-state index is 12.3. The Morgan fingerprint density at radius 2 is 1.75 bits per heavy atom. The van der Waals surface area contributed by atoms with Crippen LogP contribution in [0.2, 0.25) is 0 Å². The summed E-state index contributed by atoms with van der Waals surface area (Å²) in [5.41, 5.74) is 1.62. The maximum atomic E-state index is 12.3. The van der Waals surface area contributed by atoms with E-state index in [1.165, 1.54) is 0 Å². The van der Waals surface area contributed by atoms with Gasteiger partial charge in [0, 0.05) is 6.04 Å². The number of aldehydes is 1. The molecule has 0 aliphatic carbocycles. The molecule has 1 heterocycles. The van der Waals surface area contributed by atoms with Crippen LogP contribution in [0.5, 0.6) is 5.75 Å². The lowest BCUT2D eigenvalue weighted by Crippen LogP contribution is -2.26. The van der Waals surface area contributed by atoms with E-state index < -0.39 is 0 Å². The van der Waals surface area contributed by atoms with Crippen molar-refractivity contribution in [1.82, 2.24) is 4.57 Å². The minimum Gasteiger partial charge on any atom is -0.497 e. The number of aromatic nitrogens is 1. The standard InChI is InChI=1S/C16H17NO3/c1-11(2)17-15(9-6-13(10-18)16(17)19)12-4-7-14(20-3)8-5-12/h4-11H,1-3H3. The smallest absolute Gasteiger partial charge is 0.261 e. The van der Waals surface area contributed by atoms with Crippen molar-refractivity contribution in [1.29, 1.82) is 0 Å². The molecule has 2 aromatic rings. The monoisotopic (exact) mass is 271 g/mol. The van der Waals surface area contributed by atoms with Gasteiger partial charge in [-0.05, 0) is 55.8 Å². The summed E-state index contributed by atoms with van der Waals surface area (Å²) in [4.78, 5) is 23.2. The van der Waals surface area contributed by atoms with E-state index in [0.717, 1.165) is 17.0 Å². The SMILES string of the molecule is COc1ccc(-c2ccc(C=O)c(=O)n2C(C)C)cc1. The van der Waals surface area contributed by atoms with Gasteiger partial charge in [0.1, 0.15) is 5.75 Å². The quantitative estimate of drug-likeness (QED) is 0.803. The number of hydrogen-bond donors (Lipinski definition) is 0. The first-order chi connectivity index (χ1) is 9.58. The van der Waals surface area contributed by atoms with E-state index in [1.54, 1.807) is 23.8 Å². The van der Waals surface area contributed by atoms with Crippen LogP contribution in [0.25, 0.3) is 11.3 Å². The van der Waals surface area contributed by atoms with E-state index in [4.69, 9.17) is 4.74 Å². The largest absolute Gasteiger partial charge is 0.497 e. The number of ether oxygens (including phenoxy) is 1. The number of carbonyl (C=O) groups is 1. The van der Waals surface area contributed by atoms with Crippen LogP contribution in [0.4, 0.5) is 0 Å². The fourth-order valence-electron chi connectivity index (χ4n) is 2.17. The fraction of sp³-hybridized carbons (Fsp3) is 0.250. The molecule has 104 valence electrons. The van der Waals surface area contributed by atoms with Crippen LogP contribution in [-0.4, -0.2) is 18.0 Å². The number of carbonyl (C=O) groups excluding carboxylic acids is 1. The molecule has 0 fully saturated rings. The molecule has 0 amide bonds. The lowest BCUT2D eigenvalue weighted by Gasteiger charge is -2.17. The van der Waals surface area contributed by atoms with Gasteiger partial charge in [-0.1, -0.05) is 0 Å². The predicted molar refractivity (Wildman–Crippen MR) is 78.5 cm³/mol. The number of rotatable bonds is 4. The molecule has 0 aliphatic heterocycles. The number of methoxy groups -OCH3 is 1. The Morgan fingerprint density at radius 1 is 1.10 bits per heavy atom.